The first kappa shape index (κ1) is 13.1. The Morgan fingerprint density at radius 2 is 2.24 bits per heavy atom. The maximum absolute atomic E-state index is 10.8. The molecule has 5 heteroatoms. The lowest BCUT2D eigenvalue weighted by Gasteiger charge is -2.19. The van der Waals surface area contributed by atoms with Crippen LogP contribution in [0.25, 0.3) is 0 Å². The molecule has 5 nitrogen and oxygen atoms in total. The van der Waals surface area contributed by atoms with Crippen LogP contribution in [0, 0.1) is 28.4 Å². The van der Waals surface area contributed by atoms with Gasteiger partial charge < -0.3 is 0 Å². The number of benzene rings is 1. The molecule has 0 bridgehead atoms. The van der Waals surface area contributed by atoms with Gasteiger partial charge in [0.2, 0.25) is 0 Å². The molecule has 1 rings (SSSR count). The van der Waals surface area contributed by atoms with Crippen LogP contribution in [0.5, 0.6) is 0 Å². The fraction of sp³-hybridized carbons (Fsp3) is 0.417. The highest BCUT2D eigenvalue weighted by atomic mass is 16.6. The maximum Gasteiger partial charge on any atom is 0.272 e. The van der Waals surface area contributed by atoms with Crippen LogP contribution in [0.15, 0.2) is 18.2 Å². The first-order valence-corrected chi connectivity index (χ1v) is 5.30. The normalized spacial score (nSPS) is 12.2. The van der Waals surface area contributed by atoms with Crippen molar-refractivity contribution in [1.82, 2.24) is 4.90 Å². The molecule has 0 amide bonds. The Morgan fingerprint density at radius 3 is 2.76 bits per heavy atom. The molecule has 0 aliphatic heterocycles. The zero-order chi connectivity index (χ0) is 13.0. The summed E-state index contributed by atoms with van der Waals surface area (Å²) < 4.78 is 0. The topological polar surface area (TPSA) is 70.2 Å². The second-order valence-corrected chi connectivity index (χ2v) is 4.04. The Labute approximate surface area is 100 Å². The molecule has 0 saturated heterocycles. The van der Waals surface area contributed by atoms with Gasteiger partial charge in [0.05, 0.1) is 17.0 Å². The van der Waals surface area contributed by atoms with E-state index < -0.39 is 0 Å². The van der Waals surface area contributed by atoms with Gasteiger partial charge in [-0.3, -0.25) is 15.0 Å². The zero-order valence-electron chi connectivity index (χ0n) is 10.2. The molecule has 0 aliphatic carbocycles. The predicted molar refractivity (Wildman–Crippen MR) is 64.4 cm³/mol. The van der Waals surface area contributed by atoms with Gasteiger partial charge in [-0.25, -0.2) is 0 Å². The van der Waals surface area contributed by atoms with Crippen molar-refractivity contribution in [2.45, 2.75) is 26.4 Å². The Bertz CT molecular complexity index is 465. The standard InChI is InChI=1S/C12H15N3O2/c1-9(7-13)14(3)8-11-5-4-6-12(10(11)2)15(16)17/h4-6,9H,8H2,1-3H3. The van der Waals surface area contributed by atoms with Gasteiger partial charge in [-0.1, -0.05) is 12.1 Å². The number of nitriles is 1. The van der Waals surface area contributed by atoms with Crippen molar-refractivity contribution in [3.63, 3.8) is 0 Å². The highest BCUT2D eigenvalue weighted by molar-refractivity contribution is 5.44. The van der Waals surface area contributed by atoms with E-state index in [1.165, 1.54) is 6.07 Å². The van der Waals surface area contributed by atoms with Crippen LogP contribution in [0.3, 0.4) is 0 Å². The number of rotatable bonds is 4. The van der Waals surface area contributed by atoms with Crippen LogP contribution in [0.2, 0.25) is 0 Å². The summed E-state index contributed by atoms with van der Waals surface area (Å²) in [5, 5.41) is 19.6. The van der Waals surface area contributed by atoms with E-state index in [2.05, 4.69) is 6.07 Å². The van der Waals surface area contributed by atoms with Gasteiger partial charge in [-0.15, -0.1) is 0 Å². The summed E-state index contributed by atoms with van der Waals surface area (Å²) in [4.78, 5) is 12.3. The third-order valence-corrected chi connectivity index (χ3v) is 2.88. The van der Waals surface area contributed by atoms with E-state index in [4.69, 9.17) is 5.26 Å². The van der Waals surface area contributed by atoms with E-state index >= 15 is 0 Å². The lowest BCUT2D eigenvalue weighted by atomic mass is 10.1. The molecular formula is C12H15N3O2. The minimum atomic E-state index is -0.382. The fourth-order valence-corrected chi connectivity index (χ4v) is 1.54. The summed E-state index contributed by atoms with van der Waals surface area (Å²) in [5.41, 5.74) is 1.67. The van der Waals surface area contributed by atoms with E-state index in [1.54, 1.807) is 19.9 Å². The Hall–Kier alpha value is -1.93. The predicted octanol–water partition coefficient (Wildman–Crippen LogP) is 2.25. The van der Waals surface area contributed by atoms with E-state index in [1.807, 2.05) is 18.0 Å². The SMILES string of the molecule is Cc1c(CN(C)C(C)C#N)cccc1[N+](=O)[O-]. The van der Waals surface area contributed by atoms with E-state index in [-0.39, 0.29) is 16.7 Å². The van der Waals surface area contributed by atoms with Crippen LogP contribution in [-0.4, -0.2) is 22.9 Å². The van der Waals surface area contributed by atoms with Crippen LogP contribution in [0.4, 0.5) is 5.69 Å². The summed E-state index contributed by atoms with van der Waals surface area (Å²) >= 11 is 0. The van der Waals surface area contributed by atoms with Gasteiger partial charge in [-0.05, 0) is 26.5 Å². The molecule has 0 aromatic heterocycles. The quantitative estimate of drug-likeness (QED) is 0.590. The van der Waals surface area contributed by atoms with Crippen molar-refractivity contribution in [3.8, 4) is 6.07 Å². The molecule has 1 aromatic rings. The molecule has 0 radical (unpaired) electrons. The summed E-state index contributed by atoms with van der Waals surface area (Å²) in [6.07, 6.45) is 0. The summed E-state index contributed by atoms with van der Waals surface area (Å²) in [6, 6.07) is 6.93. The van der Waals surface area contributed by atoms with Crippen molar-refractivity contribution in [2.75, 3.05) is 7.05 Å². The second-order valence-electron chi connectivity index (χ2n) is 4.04. The average Bonchev–Trinajstić information content (AvgIpc) is 2.30. The van der Waals surface area contributed by atoms with Crippen LogP contribution in [0.1, 0.15) is 18.1 Å². The van der Waals surface area contributed by atoms with Crippen LogP contribution >= 0.6 is 0 Å². The van der Waals surface area contributed by atoms with E-state index in [9.17, 15) is 10.1 Å². The lowest BCUT2D eigenvalue weighted by molar-refractivity contribution is -0.385. The molecule has 0 N–H and O–H groups in total. The molecule has 0 aliphatic rings. The van der Waals surface area contributed by atoms with Gasteiger partial charge in [0.25, 0.3) is 5.69 Å². The van der Waals surface area contributed by atoms with Crippen molar-refractivity contribution in [2.24, 2.45) is 0 Å². The minimum Gasteiger partial charge on any atom is -0.287 e. The maximum atomic E-state index is 10.8. The first-order valence-electron chi connectivity index (χ1n) is 5.30. The molecule has 1 atom stereocenters. The molecule has 0 saturated carbocycles. The minimum absolute atomic E-state index is 0.125. The molecular weight excluding hydrogens is 218 g/mol. The number of nitrogens with zero attached hydrogens (tertiary/aromatic N) is 3. The van der Waals surface area contributed by atoms with Crippen molar-refractivity contribution in [3.05, 3.63) is 39.4 Å². The number of nitro groups is 1. The molecule has 17 heavy (non-hydrogen) atoms. The number of hydrogen-bond donors (Lipinski definition) is 0. The smallest absolute Gasteiger partial charge is 0.272 e. The van der Waals surface area contributed by atoms with E-state index in [0.29, 0.717) is 12.1 Å². The van der Waals surface area contributed by atoms with Crippen LogP contribution in [-0.2, 0) is 6.54 Å². The van der Waals surface area contributed by atoms with Crippen molar-refractivity contribution < 1.29 is 4.92 Å². The Morgan fingerprint density at radius 1 is 1.59 bits per heavy atom. The Balaban J connectivity index is 2.97. The van der Waals surface area contributed by atoms with Gasteiger partial charge >= 0.3 is 0 Å². The molecule has 1 aromatic carbocycles. The number of hydrogen-bond acceptors (Lipinski definition) is 4. The third-order valence-electron chi connectivity index (χ3n) is 2.88. The third kappa shape index (κ3) is 3.02. The lowest BCUT2D eigenvalue weighted by Crippen LogP contribution is -2.27. The fourth-order valence-electron chi connectivity index (χ4n) is 1.54. The van der Waals surface area contributed by atoms with Gasteiger partial charge in [-0.2, -0.15) is 5.26 Å². The van der Waals surface area contributed by atoms with Crippen molar-refractivity contribution >= 4 is 5.69 Å². The highest BCUT2D eigenvalue weighted by Crippen LogP contribution is 2.22. The van der Waals surface area contributed by atoms with Gasteiger partial charge in [0, 0.05) is 18.2 Å². The van der Waals surface area contributed by atoms with Crippen molar-refractivity contribution in [1.29, 1.82) is 5.26 Å². The van der Waals surface area contributed by atoms with E-state index in [0.717, 1.165) is 5.56 Å². The summed E-state index contributed by atoms with van der Waals surface area (Å²) in [6.45, 7) is 4.06. The largest absolute Gasteiger partial charge is 0.287 e. The van der Waals surface area contributed by atoms with Gasteiger partial charge in [0.15, 0.2) is 0 Å². The highest BCUT2D eigenvalue weighted by Gasteiger charge is 2.15. The van der Waals surface area contributed by atoms with Crippen LogP contribution < -0.4 is 0 Å². The molecule has 0 fully saturated rings. The molecule has 90 valence electrons. The zero-order valence-corrected chi connectivity index (χ0v) is 10.2. The Kier molecular flexibility index (Phi) is 4.18. The molecule has 0 spiro atoms. The monoisotopic (exact) mass is 233 g/mol. The molecule has 0 heterocycles. The molecule has 1 unspecified atom stereocenters. The summed E-state index contributed by atoms with van der Waals surface area (Å²) in [7, 11) is 1.83. The summed E-state index contributed by atoms with van der Waals surface area (Å²) in [5.74, 6) is 0. The average molecular weight is 233 g/mol. The van der Waals surface area contributed by atoms with Gasteiger partial charge in [0.1, 0.15) is 0 Å². The number of nitro benzene ring substituents is 1. The second kappa shape index (κ2) is 5.41. The first-order chi connectivity index (χ1) is 7.97.